The van der Waals surface area contributed by atoms with Crippen molar-refractivity contribution in [2.75, 3.05) is 0 Å². The molecule has 242 valence electrons. The minimum atomic E-state index is 1.20. The molecule has 52 heavy (non-hydrogen) atoms. The zero-order valence-corrected chi connectivity index (χ0v) is 28.4. The quantitative estimate of drug-likeness (QED) is 0.178. The van der Waals surface area contributed by atoms with E-state index in [2.05, 4.69) is 203 Å². The second-order valence-corrected chi connectivity index (χ2v) is 13.7. The van der Waals surface area contributed by atoms with E-state index in [-0.39, 0.29) is 0 Å². The first kappa shape index (κ1) is 28.9. The summed E-state index contributed by atoms with van der Waals surface area (Å²) in [6.45, 7) is 0. The zero-order chi connectivity index (χ0) is 34.2. The normalized spacial score (nSPS) is 11.8. The minimum Gasteiger partial charge on any atom is -0.309 e. The third kappa shape index (κ3) is 4.31. The summed E-state index contributed by atoms with van der Waals surface area (Å²) in [5, 5.41) is 10.0. The van der Waals surface area contributed by atoms with E-state index in [1.807, 2.05) is 0 Å². The lowest BCUT2D eigenvalue weighted by molar-refractivity contribution is 1.20. The van der Waals surface area contributed by atoms with Gasteiger partial charge in [-0.1, -0.05) is 140 Å². The van der Waals surface area contributed by atoms with E-state index in [0.717, 1.165) is 0 Å². The Balaban J connectivity index is 1.05. The molecule has 0 N–H and O–H groups in total. The van der Waals surface area contributed by atoms with Crippen LogP contribution in [0.1, 0.15) is 0 Å². The summed E-state index contributed by atoms with van der Waals surface area (Å²) in [7, 11) is 0. The first-order chi connectivity index (χ1) is 25.8. The molecule has 11 rings (SSSR count). The predicted octanol–water partition coefficient (Wildman–Crippen LogP) is 13.5. The van der Waals surface area contributed by atoms with Crippen molar-refractivity contribution in [1.29, 1.82) is 0 Å². The van der Waals surface area contributed by atoms with E-state index < -0.39 is 0 Å². The Labute approximate surface area is 301 Å². The van der Waals surface area contributed by atoms with Gasteiger partial charge in [0.1, 0.15) is 0 Å². The second-order valence-electron chi connectivity index (χ2n) is 13.7. The van der Waals surface area contributed by atoms with Crippen LogP contribution in [-0.4, -0.2) is 9.13 Å². The monoisotopic (exact) mass is 660 g/mol. The molecule has 0 fully saturated rings. The fourth-order valence-corrected chi connectivity index (χ4v) is 8.51. The molecule has 0 saturated carbocycles. The molecule has 2 nitrogen and oxygen atoms in total. The molecule has 0 atom stereocenters. The number of nitrogens with zero attached hydrogens (tertiary/aromatic N) is 2. The van der Waals surface area contributed by atoms with Gasteiger partial charge in [0.05, 0.1) is 33.4 Å². The predicted molar refractivity (Wildman–Crippen MR) is 221 cm³/mol. The Hall–Kier alpha value is -6.90. The number of aromatic nitrogens is 2. The molecule has 0 aliphatic heterocycles. The standard InChI is InChI=1S/C50H32N2/c1-3-18-39-33(12-1)14-10-24-45(39)51-47-22-7-5-20-41(47)43-31-37(26-28-49(43)51)35-16-9-17-36(30-35)38-27-29-50-44(32-38)42-21-6-8-23-48(42)52(50)46-25-11-15-34-13-2-4-19-40(34)46/h1-32H. The molecule has 0 aliphatic rings. The SMILES string of the molecule is c1cc(-c2ccc3c(c2)c2ccccc2n3-c2cccc3ccccc23)cc(-c2ccc3c(c2)c2ccccc2n3-c2cccc3ccccc23)c1. The number of para-hydroxylation sites is 2. The van der Waals surface area contributed by atoms with Crippen LogP contribution >= 0.6 is 0 Å². The highest BCUT2D eigenvalue weighted by atomic mass is 15.0. The van der Waals surface area contributed by atoms with E-state index in [1.54, 1.807) is 0 Å². The molecule has 0 aliphatic carbocycles. The lowest BCUT2D eigenvalue weighted by Gasteiger charge is -2.12. The van der Waals surface area contributed by atoms with Crippen molar-refractivity contribution in [3.05, 3.63) is 194 Å². The van der Waals surface area contributed by atoms with Crippen molar-refractivity contribution in [2.24, 2.45) is 0 Å². The average Bonchev–Trinajstić information content (AvgIpc) is 3.72. The van der Waals surface area contributed by atoms with Gasteiger partial charge in [-0.3, -0.25) is 0 Å². The Kier molecular flexibility index (Phi) is 6.28. The van der Waals surface area contributed by atoms with Crippen LogP contribution in [0.5, 0.6) is 0 Å². The van der Waals surface area contributed by atoms with Gasteiger partial charge in [0, 0.05) is 32.3 Å². The average molecular weight is 661 g/mol. The first-order valence-corrected chi connectivity index (χ1v) is 17.9. The molecule has 0 amide bonds. The van der Waals surface area contributed by atoms with Crippen LogP contribution in [0.25, 0.3) is 98.8 Å². The third-order valence-corrected chi connectivity index (χ3v) is 10.9. The Morgan fingerprint density at radius 3 is 1.10 bits per heavy atom. The smallest absolute Gasteiger partial charge is 0.0541 e. The summed E-state index contributed by atoms with van der Waals surface area (Å²) >= 11 is 0. The molecule has 9 aromatic carbocycles. The molecular formula is C50H32N2. The third-order valence-electron chi connectivity index (χ3n) is 10.9. The van der Waals surface area contributed by atoms with Gasteiger partial charge in [0.2, 0.25) is 0 Å². The number of benzene rings is 9. The molecule has 0 spiro atoms. The highest BCUT2D eigenvalue weighted by Crippen LogP contribution is 2.39. The highest BCUT2D eigenvalue weighted by molar-refractivity contribution is 6.13. The van der Waals surface area contributed by atoms with E-state index >= 15 is 0 Å². The van der Waals surface area contributed by atoms with Crippen LogP contribution in [0.15, 0.2) is 194 Å². The minimum absolute atomic E-state index is 1.20. The first-order valence-electron chi connectivity index (χ1n) is 17.9. The van der Waals surface area contributed by atoms with Crippen LogP contribution in [0, 0.1) is 0 Å². The summed E-state index contributed by atoms with van der Waals surface area (Å²) in [4.78, 5) is 0. The van der Waals surface area contributed by atoms with E-state index in [1.165, 1.54) is 98.8 Å². The molecule has 2 aromatic heterocycles. The Bertz CT molecular complexity index is 2970. The lowest BCUT2D eigenvalue weighted by Crippen LogP contribution is -1.95. The van der Waals surface area contributed by atoms with Gasteiger partial charge in [0.25, 0.3) is 0 Å². The van der Waals surface area contributed by atoms with Crippen LogP contribution in [0.4, 0.5) is 0 Å². The largest absolute Gasteiger partial charge is 0.309 e. The van der Waals surface area contributed by atoms with Crippen LogP contribution in [-0.2, 0) is 0 Å². The maximum Gasteiger partial charge on any atom is 0.0541 e. The molecule has 2 heteroatoms. The fourth-order valence-electron chi connectivity index (χ4n) is 8.51. The zero-order valence-electron chi connectivity index (χ0n) is 28.4. The number of hydrogen-bond donors (Lipinski definition) is 0. The number of fused-ring (bicyclic) bond motifs is 8. The highest BCUT2D eigenvalue weighted by Gasteiger charge is 2.17. The van der Waals surface area contributed by atoms with Gasteiger partial charge >= 0.3 is 0 Å². The Morgan fingerprint density at radius 1 is 0.231 bits per heavy atom. The molecule has 2 heterocycles. The summed E-state index contributed by atoms with van der Waals surface area (Å²) < 4.78 is 4.86. The van der Waals surface area contributed by atoms with Gasteiger partial charge in [-0.25, -0.2) is 0 Å². The Morgan fingerprint density at radius 2 is 0.596 bits per heavy atom. The van der Waals surface area contributed by atoms with Crippen LogP contribution in [0.2, 0.25) is 0 Å². The molecule has 0 bridgehead atoms. The van der Waals surface area contributed by atoms with Crippen molar-refractivity contribution in [3.8, 4) is 33.6 Å². The summed E-state index contributed by atoms with van der Waals surface area (Å²) in [6.07, 6.45) is 0. The van der Waals surface area contributed by atoms with Crippen molar-refractivity contribution in [2.45, 2.75) is 0 Å². The lowest BCUT2D eigenvalue weighted by atomic mass is 9.97. The van der Waals surface area contributed by atoms with E-state index in [4.69, 9.17) is 0 Å². The fraction of sp³-hybridized carbons (Fsp3) is 0. The van der Waals surface area contributed by atoms with E-state index in [0.29, 0.717) is 0 Å². The van der Waals surface area contributed by atoms with Gasteiger partial charge in [-0.05, 0) is 87.6 Å². The molecule has 0 unspecified atom stereocenters. The van der Waals surface area contributed by atoms with Crippen molar-refractivity contribution < 1.29 is 0 Å². The molecule has 0 saturated heterocycles. The summed E-state index contributed by atoms with van der Waals surface area (Å²) in [5.41, 5.74) is 12.1. The summed E-state index contributed by atoms with van der Waals surface area (Å²) in [5.74, 6) is 0. The maximum atomic E-state index is 2.43. The molecule has 11 aromatic rings. The number of rotatable bonds is 4. The van der Waals surface area contributed by atoms with E-state index in [9.17, 15) is 0 Å². The topological polar surface area (TPSA) is 9.86 Å². The van der Waals surface area contributed by atoms with Crippen molar-refractivity contribution in [3.63, 3.8) is 0 Å². The molecule has 0 radical (unpaired) electrons. The van der Waals surface area contributed by atoms with Gasteiger partial charge < -0.3 is 9.13 Å². The second kappa shape index (κ2) is 11.3. The summed E-state index contributed by atoms with van der Waals surface area (Å²) in [6, 6.07) is 71.0. The van der Waals surface area contributed by atoms with Crippen LogP contribution in [0.3, 0.4) is 0 Å². The van der Waals surface area contributed by atoms with Crippen molar-refractivity contribution in [1.82, 2.24) is 9.13 Å². The van der Waals surface area contributed by atoms with Gasteiger partial charge in [0.15, 0.2) is 0 Å². The van der Waals surface area contributed by atoms with Crippen LogP contribution < -0.4 is 0 Å². The number of hydrogen-bond acceptors (Lipinski definition) is 0. The maximum absolute atomic E-state index is 2.43. The van der Waals surface area contributed by atoms with Gasteiger partial charge in [-0.2, -0.15) is 0 Å². The molecular weight excluding hydrogens is 629 g/mol. The van der Waals surface area contributed by atoms with Gasteiger partial charge in [-0.15, -0.1) is 0 Å². The van der Waals surface area contributed by atoms with Crippen molar-refractivity contribution >= 4 is 65.2 Å².